The minimum atomic E-state index is -0.263. The molecule has 1 aromatic carbocycles. The van der Waals surface area contributed by atoms with Gasteiger partial charge in [-0.2, -0.15) is 0 Å². The molecule has 0 atom stereocenters. The summed E-state index contributed by atoms with van der Waals surface area (Å²) >= 11 is 0. The maximum atomic E-state index is 12.6. The van der Waals surface area contributed by atoms with E-state index in [-0.39, 0.29) is 12.4 Å². The standard InChI is InChI=1S/C9H9FNO/c1-2-11-12-7-8-4-3-5-9(10)6-8/h3-6H,7H2,1H3. The van der Waals surface area contributed by atoms with E-state index in [0.717, 1.165) is 5.56 Å². The Kier molecular flexibility index (Phi) is 3.26. The van der Waals surface area contributed by atoms with Crippen LogP contribution in [0.1, 0.15) is 12.5 Å². The lowest BCUT2D eigenvalue weighted by molar-refractivity contribution is 0.131. The van der Waals surface area contributed by atoms with Crippen molar-refractivity contribution in [2.45, 2.75) is 13.5 Å². The molecular weight excluding hydrogens is 157 g/mol. The molecule has 0 saturated heterocycles. The van der Waals surface area contributed by atoms with Gasteiger partial charge in [0.1, 0.15) is 18.6 Å². The molecule has 12 heavy (non-hydrogen) atoms. The van der Waals surface area contributed by atoms with E-state index in [2.05, 4.69) is 11.4 Å². The highest BCUT2D eigenvalue weighted by Crippen LogP contribution is 2.04. The van der Waals surface area contributed by atoms with Gasteiger partial charge in [-0.3, -0.25) is 0 Å². The van der Waals surface area contributed by atoms with Crippen molar-refractivity contribution in [3.05, 3.63) is 35.6 Å². The molecule has 0 unspecified atom stereocenters. The number of nitrogens with zero attached hydrogens (tertiary/aromatic N) is 1. The minimum Gasteiger partial charge on any atom is -0.391 e. The van der Waals surface area contributed by atoms with Gasteiger partial charge in [0, 0.05) is 0 Å². The van der Waals surface area contributed by atoms with Crippen LogP contribution in [0.25, 0.3) is 0 Å². The summed E-state index contributed by atoms with van der Waals surface area (Å²) in [4.78, 5) is 4.77. The average molecular weight is 166 g/mol. The van der Waals surface area contributed by atoms with Gasteiger partial charge < -0.3 is 4.84 Å². The molecule has 0 aliphatic heterocycles. The van der Waals surface area contributed by atoms with Crippen LogP contribution < -0.4 is 0 Å². The van der Waals surface area contributed by atoms with E-state index in [1.54, 1.807) is 19.1 Å². The second-order valence-electron chi connectivity index (χ2n) is 2.22. The second-order valence-corrected chi connectivity index (χ2v) is 2.22. The van der Waals surface area contributed by atoms with Gasteiger partial charge in [-0.15, -0.1) is 0 Å². The topological polar surface area (TPSA) is 21.6 Å². The van der Waals surface area contributed by atoms with Crippen LogP contribution in [-0.2, 0) is 11.4 Å². The summed E-state index contributed by atoms with van der Waals surface area (Å²) in [6, 6.07) is 6.20. The molecule has 0 aliphatic rings. The fraction of sp³-hybridized carbons (Fsp3) is 0.222. The maximum Gasteiger partial charge on any atom is 0.142 e. The monoisotopic (exact) mass is 166 g/mol. The Bertz CT molecular complexity index is 273. The van der Waals surface area contributed by atoms with Crippen LogP contribution in [0.5, 0.6) is 0 Å². The summed E-state index contributed by atoms with van der Waals surface area (Å²) < 4.78 is 12.6. The van der Waals surface area contributed by atoms with Gasteiger partial charge >= 0.3 is 0 Å². The molecule has 1 aromatic rings. The average Bonchev–Trinajstić information content (AvgIpc) is 2.05. The van der Waals surface area contributed by atoms with Crippen LogP contribution in [-0.4, -0.2) is 6.21 Å². The molecule has 3 heteroatoms. The summed E-state index contributed by atoms with van der Waals surface area (Å²) in [5.41, 5.74) is 0.758. The lowest BCUT2D eigenvalue weighted by atomic mass is 10.2. The zero-order valence-corrected chi connectivity index (χ0v) is 6.75. The molecule has 1 radical (unpaired) electrons. The van der Waals surface area contributed by atoms with Crippen LogP contribution in [0.4, 0.5) is 4.39 Å². The first-order valence-corrected chi connectivity index (χ1v) is 3.56. The quantitative estimate of drug-likeness (QED) is 0.498. The highest BCUT2D eigenvalue weighted by molar-refractivity contribution is 5.52. The molecule has 0 fully saturated rings. The molecule has 0 saturated carbocycles. The number of hydrogen-bond donors (Lipinski definition) is 0. The first-order valence-electron chi connectivity index (χ1n) is 3.56. The van der Waals surface area contributed by atoms with Crippen molar-refractivity contribution >= 4 is 6.21 Å². The normalized spacial score (nSPS) is 10.5. The zero-order chi connectivity index (χ0) is 8.81. The van der Waals surface area contributed by atoms with E-state index >= 15 is 0 Å². The molecule has 0 amide bonds. The predicted octanol–water partition coefficient (Wildman–Crippen LogP) is 2.23. The minimum absolute atomic E-state index is 0.263. The van der Waals surface area contributed by atoms with Crippen molar-refractivity contribution in [2.75, 3.05) is 0 Å². The van der Waals surface area contributed by atoms with Gasteiger partial charge in [0.15, 0.2) is 0 Å². The second kappa shape index (κ2) is 4.49. The summed E-state index contributed by atoms with van der Waals surface area (Å²) in [6.07, 6.45) is 2.46. The molecular formula is C9H9FNO. The molecule has 0 spiro atoms. The van der Waals surface area contributed by atoms with Gasteiger partial charge in [0.25, 0.3) is 0 Å². The summed E-state index contributed by atoms with van der Waals surface area (Å²) in [5, 5.41) is 3.42. The Morgan fingerprint density at radius 3 is 3.08 bits per heavy atom. The highest BCUT2D eigenvalue weighted by atomic mass is 19.1. The van der Waals surface area contributed by atoms with E-state index in [1.807, 2.05) is 0 Å². The lowest BCUT2D eigenvalue weighted by Crippen LogP contribution is -1.87. The van der Waals surface area contributed by atoms with E-state index < -0.39 is 0 Å². The third kappa shape index (κ3) is 2.70. The van der Waals surface area contributed by atoms with Gasteiger partial charge in [0.2, 0.25) is 0 Å². The predicted molar refractivity (Wildman–Crippen MR) is 44.3 cm³/mol. The number of hydrogen-bond acceptors (Lipinski definition) is 2. The number of rotatable bonds is 3. The van der Waals surface area contributed by atoms with Crippen molar-refractivity contribution in [1.29, 1.82) is 0 Å². The number of benzene rings is 1. The first-order chi connectivity index (χ1) is 5.83. The van der Waals surface area contributed by atoms with Crippen LogP contribution in [0.15, 0.2) is 29.4 Å². The smallest absolute Gasteiger partial charge is 0.142 e. The van der Waals surface area contributed by atoms with E-state index in [9.17, 15) is 4.39 Å². The van der Waals surface area contributed by atoms with Crippen molar-refractivity contribution in [3.8, 4) is 0 Å². The summed E-state index contributed by atoms with van der Waals surface area (Å²) in [5.74, 6) is -0.263. The van der Waals surface area contributed by atoms with Crippen LogP contribution in [0.3, 0.4) is 0 Å². The van der Waals surface area contributed by atoms with Crippen molar-refractivity contribution < 1.29 is 9.23 Å². The lowest BCUT2D eigenvalue weighted by Gasteiger charge is -1.98. The largest absolute Gasteiger partial charge is 0.391 e. The number of halogens is 1. The Balaban J connectivity index is 2.52. The molecule has 2 nitrogen and oxygen atoms in total. The third-order valence-electron chi connectivity index (χ3n) is 1.28. The van der Waals surface area contributed by atoms with Crippen molar-refractivity contribution in [2.24, 2.45) is 5.16 Å². The Hall–Kier alpha value is -1.38. The molecule has 0 aromatic heterocycles. The Morgan fingerprint density at radius 2 is 2.42 bits per heavy atom. The molecule has 0 N–H and O–H groups in total. The fourth-order valence-corrected chi connectivity index (χ4v) is 0.798. The molecule has 1 rings (SSSR count). The molecule has 0 bridgehead atoms. The van der Waals surface area contributed by atoms with Gasteiger partial charge in [0.05, 0.1) is 0 Å². The van der Waals surface area contributed by atoms with Crippen molar-refractivity contribution in [3.63, 3.8) is 0 Å². The van der Waals surface area contributed by atoms with Crippen LogP contribution in [0.2, 0.25) is 0 Å². The zero-order valence-electron chi connectivity index (χ0n) is 6.75. The van der Waals surface area contributed by atoms with Gasteiger partial charge in [-0.05, 0) is 24.6 Å². The van der Waals surface area contributed by atoms with Gasteiger partial charge in [-0.1, -0.05) is 17.3 Å². The Morgan fingerprint density at radius 1 is 1.58 bits per heavy atom. The van der Waals surface area contributed by atoms with Gasteiger partial charge in [-0.25, -0.2) is 4.39 Å². The van der Waals surface area contributed by atoms with Crippen LogP contribution >= 0.6 is 0 Å². The first kappa shape index (κ1) is 8.71. The van der Waals surface area contributed by atoms with E-state index in [1.165, 1.54) is 12.1 Å². The van der Waals surface area contributed by atoms with Crippen LogP contribution in [0, 0.1) is 5.82 Å². The fourth-order valence-electron chi connectivity index (χ4n) is 0.798. The maximum absolute atomic E-state index is 12.6. The molecule has 63 valence electrons. The SMILES string of the molecule is C/[C]=N\OCc1cccc(F)c1. The highest BCUT2D eigenvalue weighted by Gasteiger charge is 1.93. The van der Waals surface area contributed by atoms with Crippen molar-refractivity contribution in [1.82, 2.24) is 0 Å². The van der Waals surface area contributed by atoms with E-state index in [0.29, 0.717) is 0 Å². The summed E-state index contributed by atoms with van der Waals surface area (Å²) in [6.45, 7) is 1.91. The van der Waals surface area contributed by atoms with E-state index in [4.69, 9.17) is 4.84 Å². The molecule has 0 heterocycles. The summed E-state index contributed by atoms with van der Waals surface area (Å²) in [7, 11) is 0. The Labute approximate surface area is 70.7 Å². The molecule has 0 aliphatic carbocycles. The third-order valence-corrected chi connectivity index (χ3v) is 1.28.